The maximum absolute atomic E-state index is 13.0. The van der Waals surface area contributed by atoms with E-state index in [4.69, 9.17) is 35.4 Å². The van der Waals surface area contributed by atoms with Crippen molar-refractivity contribution in [3.63, 3.8) is 0 Å². The van der Waals surface area contributed by atoms with E-state index in [0.717, 1.165) is 28.7 Å². The van der Waals surface area contributed by atoms with Gasteiger partial charge in [0.05, 0.1) is 29.2 Å². The zero-order valence-electron chi connectivity index (χ0n) is 19.9. The van der Waals surface area contributed by atoms with Crippen LogP contribution in [-0.2, 0) is 19.3 Å². The highest BCUT2D eigenvalue weighted by molar-refractivity contribution is 7.80. The van der Waals surface area contributed by atoms with Crippen molar-refractivity contribution in [1.29, 1.82) is 0 Å². The molecule has 3 aromatic rings. The summed E-state index contributed by atoms with van der Waals surface area (Å²) < 4.78 is 40.9. The fourth-order valence-corrected chi connectivity index (χ4v) is 5.00. The molecule has 0 atom stereocenters. The van der Waals surface area contributed by atoms with Gasteiger partial charge < -0.3 is 10.2 Å². The summed E-state index contributed by atoms with van der Waals surface area (Å²) in [5.41, 5.74) is 3.56. The van der Waals surface area contributed by atoms with Crippen molar-refractivity contribution in [3.8, 4) is 0 Å². The first-order valence-electron chi connectivity index (χ1n) is 11.4. The number of anilines is 1. The molecule has 1 saturated heterocycles. The van der Waals surface area contributed by atoms with Crippen LogP contribution in [0.5, 0.6) is 0 Å². The smallest absolute Gasteiger partial charge is 0.346 e. The topological polar surface area (TPSA) is 36.3 Å². The molecule has 11 heteroatoms. The van der Waals surface area contributed by atoms with Crippen LogP contribution in [0.3, 0.4) is 0 Å². The summed E-state index contributed by atoms with van der Waals surface area (Å²) in [5.74, 6) is 0. The molecular weight excluding hydrogens is 530 g/mol. The quantitative estimate of drug-likeness (QED) is 0.369. The first-order chi connectivity index (χ1) is 17.0. The molecule has 0 bridgehead atoms. The summed E-state index contributed by atoms with van der Waals surface area (Å²) in [7, 11) is 0. The lowest BCUT2D eigenvalue weighted by molar-refractivity contribution is -0.137. The molecule has 0 aliphatic carbocycles. The van der Waals surface area contributed by atoms with Gasteiger partial charge in [-0.25, -0.2) is 0 Å². The van der Waals surface area contributed by atoms with Crippen molar-refractivity contribution in [2.75, 3.05) is 31.5 Å². The summed E-state index contributed by atoms with van der Waals surface area (Å²) in [5, 5.41) is 9.76. The largest absolute Gasteiger partial charge is 0.416 e. The monoisotopic (exact) mass is 555 g/mol. The van der Waals surface area contributed by atoms with E-state index in [1.165, 1.54) is 12.1 Å². The lowest BCUT2D eigenvalue weighted by atomic mass is 10.1. The summed E-state index contributed by atoms with van der Waals surface area (Å²) in [6, 6.07) is 10.9. The lowest BCUT2D eigenvalue weighted by Crippen LogP contribution is -2.49. The molecule has 2 heterocycles. The minimum Gasteiger partial charge on any atom is -0.346 e. The number of benzene rings is 2. The predicted molar refractivity (Wildman–Crippen MR) is 142 cm³/mol. The minimum absolute atomic E-state index is 0.468. The van der Waals surface area contributed by atoms with E-state index in [9.17, 15) is 13.2 Å². The van der Waals surface area contributed by atoms with E-state index in [1.807, 2.05) is 24.6 Å². The van der Waals surface area contributed by atoms with Crippen LogP contribution < -0.4 is 5.32 Å². The molecule has 0 unspecified atom stereocenters. The summed E-state index contributed by atoms with van der Waals surface area (Å²) >= 11 is 18.0. The highest BCUT2D eigenvalue weighted by Crippen LogP contribution is 2.30. The highest BCUT2D eigenvalue weighted by Gasteiger charge is 2.30. The Kier molecular flexibility index (Phi) is 8.14. The van der Waals surface area contributed by atoms with Crippen molar-refractivity contribution in [1.82, 2.24) is 19.6 Å². The third kappa shape index (κ3) is 6.32. The second-order valence-electron chi connectivity index (χ2n) is 8.83. The molecule has 1 aliphatic heterocycles. The number of aromatic nitrogens is 2. The van der Waals surface area contributed by atoms with Gasteiger partial charge in [0, 0.05) is 42.8 Å². The maximum Gasteiger partial charge on any atom is 0.416 e. The van der Waals surface area contributed by atoms with Gasteiger partial charge in [-0.3, -0.25) is 9.58 Å². The number of alkyl halides is 3. The number of aryl methyl sites for hydroxylation is 1. The molecule has 0 radical (unpaired) electrons. The zero-order valence-corrected chi connectivity index (χ0v) is 22.2. The van der Waals surface area contributed by atoms with E-state index in [0.29, 0.717) is 60.0 Å². The first-order valence-corrected chi connectivity index (χ1v) is 12.6. The van der Waals surface area contributed by atoms with Gasteiger partial charge in [0.2, 0.25) is 0 Å². The molecule has 1 fully saturated rings. The van der Waals surface area contributed by atoms with E-state index >= 15 is 0 Å². The van der Waals surface area contributed by atoms with E-state index in [2.05, 4.69) is 20.2 Å². The number of hydrogen-bond donors (Lipinski definition) is 1. The van der Waals surface area contributed by atoms with Crippen LogP contribution in [0.25, 0.3) is 0 Å². The van der Waals surface area contributed by atoms with Crippen molar-refractivity contribution in [2.45, 2.75) is 33.1 Å². The standard InChI is InChI=1S/C25H26Cl2F3N5S/c1-16-23(17(2)35(32-16)15-19-6-7-21(26)13-22(19)27)31-24(36)34-10-8-33(9-11-34)14-18-4-3-5-20(12-18)25(28,29)30/h3-7,12-13H,8-11,14-15H2,1-2H3,(H,31,36). The molecular formula is C25H26Cl2F3N5S. The number of nitrogens with zero attached hydrogens (tertiary/aromatic N) is 4. The fourth-order valence-electron chi connectivity index (χ4n) is 4.24. The van der Waals surface area contributed by atoms with Crippen LogP contribution in [0.15, 0.2) is 42.5 Å². The second-order valence-corrected chi connectivity index (χ2v) is 10.1. The van der Waals surface area contributed by atoms with Gasteiger partial charge in [-0.1, -0.05) is 47.5 Å². The van der Waals surface area contributed by atoms with Crippen LogP contribution >= 0.6 is 35.4 Å². The Labute approximate surface area is 223 Å². The Morgan fingerprint density at radius 2 is 1.75 bits per heavy atom. The Bertz CT molecular complexity index is 1250. The molecule has 0 amide bonds. The van der Waals surface area contributed by atoms with Crippen LogP contribution in [0, 0.1) is 13.8 Å². The lowest BCUT2D eigenvalue weighted by Gasteiger charge is -2.36. The molecule has 1 N–H and O–H groups in total. The Morgan fingerprint density at radius 3 is 2.42 bits per heavy atom. The molecule has 0 spiro atoms. The Balaban J connectivity index is 1.35. The number of halogens is 5. The molecule has 1 aliphatic rings. The van der Waals surface area contributed by atoms with Crippen LogP contribution in [0.1, 0.15) is 28.1 Å². The van der Waals surface area contributed by atoms with Crippen molar-refractivity contribution in [3.05, 3.63) is 80.6 Å². The van der Waals surface area contributed by atoms with Gasteiger partial charge in [-0.15, -0.1) is 0 Å². The van der Waals surface area contributed by atoms with Gasteiger partial charge in [0.1, 0.15) is 0 Å². The van der Waals surface area contributed by atoms with E-state index in [-0.39, 0.29) is 0 Å². The average molecular weight is 556 g/mol. The van der Waals surface area contributed by atoms with Crippen LogP contribution in [0.4, 0.5) is 18.9 Å². The number of hydrogen-bond acceptors (Lipinski definition) is 3. The second kappa shape index (κ2) is 11.0. The number of thiocarbonyl (C=S) groups is 1. The minimum atomic E-state index is -4.34. The molecule has 0 saturated carbocycles. The highest BCUT2D eigenvalue weighted by atomic mass is 35.5. The summed E-state index contributed by atoms with van der Waals surface area (Å²) in [6.45, 7) is 7.62. The van der Waals surface area contributed by atoms with E-state index in [1.54, 1.807) is 18.2 Å². The Morgan fingerprint density at radius 1 is 1.03 bits per heavy atom. The SMILES string of the molecule is Cc1nn(Cc2ccc(Cl)cc2Cl)c(C)c1NC(=S)N1CCN(Cc2cccc(C(F)(F)F)c2)CC1. The number of nitrogens with one attached hydrogen (secondary N) is 1. The van der Waals surface area contributed by atoms with E-state index < -0.39 is 11.7 Å². The summed E-state index contributed by atoms with van der Waals surface area (Å²) in [4.78, 5) is 4.21. The zero-order chi connectivity index (χ0) is 26.0. The van der Waals surface area contributed by atoms with Gasteiger partial charge in [0.25, 0.3) is 0 Å². The third-order valence-corrected chi connectivity index (χ3v) is 7.22. The van der Waals surface area contributed by atoms with Gasteiger partial charge in [-0.2, -0.15) is 18.3 Å². The van der Waals surface area contributed by atoms with Crippen molar-refractivity contribution in [2.24, 2.45) is 0 Å². The molecule has 1 aromatic heterocycles. The molecule has 5 nitrogen and oxygen atoms in total. The normalized spacial score (nSPS) is 14.8. The van der Waals surface area contributed by atoms with Crippen LogP contribution in [0.2, 0.25) is 10.0 Å². The van der Waals surface area contributed by atoms with Gasteiger partial charge >= 0.3 is 6.18 Å². The predicted octanol–water partition coefficient (Wildman–Crippen LogP) is 6.39. The van der Waals surface area contributed by atoms with Gasteiger partial charge in [0.15, 0.2) is 5.11 Å². The van der Waals surface area contributed by atoms with Gasteiger partial charge in [-0.05, 0) is 55.4 Å². The Hall–Kier alpha value is -2.33. The maximum atomic E-state index is 13.0. The summed E-state index contributed by atoms with van der Waals surface area (Å²) in [6.07, 6.45) is -4.34. The number of rotatable bonds is 5. The van der Waals surface area contributed by atoms with Crippen molar-refractivity contribution < 1.29 is 13.2 Å². The van der Waals surface area contributed by atoms with Crippen molar-refractivity contribution >= 4 is 46.2 Å². The molecule has 192 valence electrons. The average Bonchev–Trinajstić information content (AvgIpc) is 3.08. The van der Waals surface area contributed by atoms with Crippen LogP contribution in [-0.4, -0.2) is 50.9 Å². The molecule has 36 heavy (non-hydrogen) atoms. The third-order valence-electron chi connectivity index (χ3n) is 6.27. The number of piperazine rings is 1. The fraction of sp³-hybridized carbons (Fsp3) is 0.360. The molecule has 2 aromatic carbocycles. The molecule has 4 rings (SSSR count). The first kappa shape index (κ1) is 26.7.